The number of Topliss-reactive ketones (excluding diaryl/α,β-unsaturated/α-hetero) is 2. The molecule has 2 fully saturated rings. The van der Waals surface area contributed by atoms with Gasteiger partial charge >= 0.3 is 0 Å². The summed E-state index contributed by atoms with van der Waals surface area (Å²) in [5, 5.41) is 0. The monoisotopic (exact) mass is 304 g/mol. The summed E-state index contributed by atoms with van der Waals surface area (Å²) in [4.78, 5) is 25.9. The second-order valence-corrected chi connectivity index (χ2v) is 7.11. The van der Waals surface area contributed by atoms with E-state index in [-0.39, 0.29) is 23.4 Å². The largest absolute Gasteiger partial charge is 0.299 e. The zero-order valence-electron chi connectivity index (χ0n) is 13.5. The first kappa shape index (κ1) is 14.4. The van der Waals surface area contributed by atoms with Crippen LogP contribution in [0.2, 0.25) is 0 Å². The van der Waals surface area contributed by atoms with Gasteiger partial charge in [-0.15, -0.1) is 0 Å². The van der Waals surface area contributed by atoms with E-state index >= 15 is 0 Å². The molecular weight excluding hydrogens is 284 g/mol. The van der Waals surface area contributed by atoms with Gasteiger partial charge in [0.25, 0.3) is 0 Å². The molecule has 0 aromatic heterocycles. The molecule has 23 heavy (non-hydrogen) atoms. The summed E-state index contributed by atoms with van der Waals surface area (Å²) < 4.78 is 0. The Morgan fingerprint density at radius 1 is 0.870 bits per heavy atom. The maximum absolute atomic E-state index is 12.9. The minimum Gasteiger partial charge on any atom is -0.299 e. The van der Waals surface area contributed by atoms with Gasteiger partial charge in [0.2, 0.25) is 0 Å². The summed E-state index contributed by atoms with van der Waals surface area (Å²) in [5.41, 5.74) is 1.04. The highest BCUT2D eigenvalue weighted by molar-refractivity contribution is 6.09. The molecule has 0 aliphatic heterocycles. The lowest BCUT2D eigenvalue weighted by atomic mass is 9.78. The molecule has 2 aromatic carbocycles. The molecule has 0 saturated heterocycles. The third kappa shape index (κ3) is 1.59. The van der Waals surface area contributed by atoms with E-state index in [9.17, 15) is 9.59 Å². The molecule has 2 aliphatic carbocycles. The van der Waals surface area contributed by atoms with Crippen molar-refractivity contribution in [2.75, 3.05) is 0 Å². The number of carbonyl (C=O) groups excluding carboxylic acids is 2. The number of rotatable bonds is 2. The molecule has 0 radical (unpaired) electrons. The van der Waals surface area contributed by atoms with Crippen LogP contribution in [0.25, 0.3) is 0 Å². The maximum atomic E-state index is 12.9. The van der Waals surface area contributed by atoms with Crippen molar-refractivity contribution in [1.82, 2.24) is 0 Å². The Balaban J connectivity index is 2.00. The zero-order chi connectivity index (χ0) is 16.2. The normalized spacial score (nSPS) is 31.6. The average molecular weight is 304 g/mol. The van der Waals surface area contributed by atoms with Gasteiger partial charge in [-0.3, -0.25) is 9.59 Å². The molecule has 2 nitrogen and oxygen atoms in total. The van der Waals surface area contributed by atoms with Crippen LogP contribution in [-0.4, -0.2) is 11.6 Å². The van der Waals surface area contributed by atoms with Crippen molar-refractivity contribution in [3.05, 3.63) is 71.8 Å². The minimum absolute atomic E-state index is 0.171. The van der Waals surface area contributed by atoms with E-state index in [1.807, 2.05) is 50.2 Å². The van der Waals surface area contributed by atoms with Crippen LogP contribution < -0.4 is 0 Å². The van der Waals surface area contributed by atoms with Gasteiger partial charge in [-0.25, -0.2) is 0 Å². The molecule has 2 aliphatic rings. The number of hydrogen-bond donors (Lipinski definition) is 0. The van der Waals surface area contributed by atoms with Crippen LogP contribution in [-0.2, 0) is 15.0 Å². The molecule has 0 bridgehead atoms. The molecule has 0 spiro atoms. The Labute approximate surface area is 136 Å². The molecule has 3 atom stereocenters. The maximum Gasteiger partial charge on any atom is 0.141 e. The summed E-state index contributed by atoms with van der Waals surface area (Å²) in [6, 6.07) is 20.1. The van der Waals surface area contributed by atoms with E-state index in [1.54, 1.807) is 0 Å². The predicted molar refractivity (Wildman–Crippen MR) is 89.1 cm³/mol. The fourth-order valence-corrected chi connectivity index (χ4v) is 4.87. The summed E-state index contributed by atoms with van der Waals surface area (Å²) in [5.74, 6) is 0.0491. The molecule has 2 aromatic rings. The summed E-state index contributed by atoms with van der Waals surface area (Å²) in [6.45, 7) is 3.88. The first-order chi connectivity index (χ1) is 11.0. The summed E-state index contributed by atoms with van der Waals surface area (Å²) in [6.07, 6.45) is 0.368. The van der Waals surface area contributed by atoms with Crippen molar-refractivity contribution < 1.29 is 9.59 Å². The highest BCUT2D eigenvalue weighted by Gasteiger charge is 2.82. The molecule has 4 rings (SSSR count). The molecule has 0 unspecified atom stereocenters. The fourth-order valence-electron chi connectivity index (χ4n) is 4.87. The smallest absolute Gasteiger partial charge is 0.141 e. The molecule has 2 saturated carbocycles. The van der Waals surface area contributed by atoms with Crippen molar-refractivity contribution in [2.45, 2.75) is 25.7 Å². The Morgan fingerprint density at radius 2 is 1.35 bits per heavy atom. The zero-order valence-corrected chi connectivity index (χ0v) is 13.5. The quantitative estimate of drug-likeness (QED) is 0.846. The Bertz CT molecular complexity index is 737. The van der Waals surface area contributed by atoms with Crippen LogP contribution in [0.4, 0.5) is 0 Å². The van der Waals surface area contributed by atoms with Crippen molar-refractivity contribution in [2.24, 2.45) is 17.3 Å². The van der Waals surface area contributed by atoms with Gasteiger partial charge < -0.3 is 0 Å². The number of ketones is 2. The first-order valence-electron chi connectivity index (χ1n) is 8.22. The lowest BCUT2D eigenvalue weighted by Crippen LogP contribution is -2.31. The lowest BCUT2D eigenvalue weighted by molar-refractivity contribution is -0.136. The number of carbonyl (C=O) groups is 2. The molecule has 0 N–H and O–H groups in total. The minimum atomic E-state index is -0.612. The second-order valence-electron chi connectivity index (χ2n) is 7.11. The number of hydrogen-bond acceptors (Lipinski definition) is 2. The lowest BCUT2D eigenvalue weighted by Gasteiger charge is -2.23. The highest BCUT2D eigenvalue weighted by atomic mass is 16.1. The molecule has 0 heterocycles. The van der Waals surface area contributed by atoms with Crippen LogP contribution in [0.5, 0.6) is 0 Å². The van der Waals surface area contributed by atoms with Gasteiger partial charge in [-0.05, 0) is 11.1 Å². The van der Waals surface area contributed by atoms with Gasteiger partial charge in [-0.1, -0.05) is 74.5 Å². The van der Waals surface area contributed by atoms with Crippen LogP contribution in [0, 0.1) is 17.3 Å². The van der Waals surface area contributed by atoms with Gasteiger partial charge in [0, 0.05) is 23.7 Å². The Hall–Kier alpha value is -2.22. The van der Waals surface area contributed by atoms with Crippen molar-refractivity contribution >= 4 is 11.6 Å². The van der Waals surface area contributed by atoms with E-state index in [1.165, 1.54) is 0 Å². The van der Waals surface area contributed by atoms with Crippen LogP contribution in [0.1, 0.15) is 31.4 Å². The average Bonchev–Trinajstić information content (AvgIpc) is 3.18. The topological polar surface area (TPSA) is 34.1 Å². The Morgan fingerprint density at radius 3 is 1.83 bits per heavy atom. The predicted octanol–water partition coefficient (Wildman–Crippen LogP) is 3.79. The standard InChI is InChI=1S/C21H20O2/c1-14-13-17(22)20(2)19(18(14)23)21(20,15-9-5-3-6-10-15)16-11-7-4-8-12-16/h3-12,14,19H,13H2,1-2H3/t14-,19-,20+/m1/s1. The summed E-state index contributed by atoms with van der Waals surface area (Å²) in [7, 11) is 0. The molecule has 116 valence electrons. The highest BCUT2D eigenvalue weighted by Crippen LogP contribution is 2.75. The SMILES string of the molecule is C[C@@H]1CC(=O)[C@@]2(C)[C@@H](C1=O)C2(c1ccccc1)c1ccccc1. The van der Waals surface area contributed by atoms with Gasteiger partial charge in [0.05, 0.1) is 5.41 Å². The van der Waals surface area contributed by atoms with E-state index in [0.717, 1.165) is 11.1 Å². The fraction of sp³-hybridized carbons (Fsp3) is 0.333. The number of benzene rings is 2. The third-order valence-electron chi connectivity index (χ3n) is 6.05. The first-order valence-corrected chi connectivity index (χ1v) is 8.22. The third-order valence-corrected chi connectivity index (χ3v) is 6.05. The van der Waals surface area contributed by atoms with Crippen molar-refractivity contribution in [1.29, 1.82) is 0 Å². The van der Waals surface area contributed by atoms with E-state index in [0.29, 0.717) is 6.42 Å². The summed E-state index contributed by atoms with van der Waals surface area (Å²) >= 11 is 0. The molecule has 2 heteroatoms. The van der Waals surface area contributed by atoms with Gasteiger partial charge in [0.15, 0.2) is 0 Å². The number of fused-ring (bicyclic) bond motifs is 1. The van der Waals surface area contributed by atoms with Crippen molar-refractivity contribution in [3.63, 3.8) is 0 Å². The van der Waals surface area contributed by atoms with Crippen LogP contribution in [0.3, 0.4) is 0 Å². The van der Waals surface area contributed by atoms with Gasteiger partial charge in [-0.2, -0.15) is 0 Å². The van der Waals surface area contributed by atoms with Gasteiger partial charge in [0.1, 0.15) is 11.6 Å². The Kier molecular flexibility index (Phi) is 2.90. The van der Waals surface area contributed by atoms with Crippen LogP contribution in [0.15, 0.2) is 60.7 Å². The molecule has 0 amide bonds. The van der Waals surface area contributed by atoms with Crippen LogP contribution >= 0.6 is 0 Å². The van der Waals surface area contributed by atoms with Crippen molar-refractivity contribution in [3.8, 4) is 0 Å². The second kappa shape index (κ2) is 4.64. The van der Waals surface area contributed by atoms with E-state index in [2.05, 4.69) is 24.3 Å². The van der Waals surface area contributed by atoms with E-state index in [4.69, 9.17) is 0 Å². The van der Waals surface area contributed by atoms with E-state index < -0.39 is 10.8 Å². The molecular formula is C21H20O2.